The van der Waals surface area contributed by atoms with Crippen molar-refractivity contribution in [2.75, 3.05) is 13.1 Å². The number of carbonyl (C=O) groups is 1. The van der Waals surface area contributed by atoms with Gasteiger partial charge >= 0.3 is 0 Å². The molecule has 1 unspecified atom stereocenters. The van der Waals surface area contributed by atoms with E-state index in [1.54, 1.807) is 0 Å². The van der Waals surface area contributed by atoms with Gasteiger partial charge in [-0.1, -0.05) is 40.0 Å². The van der Waals surface area contributed by atoms with Gasteiger partial charge in [0.2, 0.25) is 5.91 Å². The van der Waals surface area contributed by atoms with Gasteiger partial charge in [0.25, 0.3) is 0 Å². The SMILES string of the molecule is CCC(C)(C)CNC(=O)C1CCCCCCN1. The molecule has 1 fully saturated rings. The van der Waals surface area contributed by atoms with E-state index >= 15 is 0 Å². The van der Waals surface area contributed by atoms with Gasteiger partial charge in [-0.15, -0.1) is 0 Å². The van der Waals surface area contributed by atoms with Crippen molar-refractivity contribution in [2.24, 2.45) is 5.41 Å². The molecule has 1 aliphatic heterocycles. The third-order valence-corrected chi connectivity index (χ3v) is 3.83. The largest absolute Gasteiger partial charge is 0.354 e. The number of nitrogens with one attached hydrogen (secondary N) is 2. The van der Waals surface area contributed by atoms with Gasteiger partial charge in [0.15, 0.2) is 0 Å². The molecule has 2 N–H and O–H groups in total. The summed E-state index contributed by atoms with van der Waals surface area (Å²) in [5.41, 5.74) is 0.206. The van der Waals surface area contributed by atoms with Crippen molar-refractivity contribution in [1.82, 2.24) is 10.6 Å². The highest BCUT2D eigenvalue weighted by atomic mass is 16.2. The fourth-order valence-corrected chi connectivity index (χ4v) is 2.00. The minimum atomic E-state index is 0.0305. The normalized spacial score (nSPS) is 22.6. The van der Waals surface area contributed by atoms with Crippen LogP contribution in [0.2, 0.25) is 0 Å². The lowest BCUT2D eigenvalue weighted by molar-refractivity contribution is -0.123. The summed E-state index contributed by atoms with van der Waals surface area (Å²) in [6.45, 7) is 8.31. The molecule has 3 heteroatoms. The monoisotopic (exact) mass is 240 g/mol. The Balaban J connectivity index is 2.34. The highest BCUT2D eigenvalue weighted by molar-refractivity contribution is 5.81. The molecule has 0 saturated carbocycles. The summed E-state index contributed by atoms with van der Waals surface area (Å²) in [4.78, 5) is 12.1. The van der Waals surface area contributed by atoms with Crippen molar-refractivity contribution in [3.05, 3.63) is 0 Å². The average Bonchev–Trinajstić information content (AvgIpc) is 2.26. The van der Waals surface area contributed by atoms with Crippen LogP contribution >= 0.6 is 0 Å². The summed E-state index contributed by atoms with van der Waals surface area (Å²) in [6.07, 6.45) is 7.01. The number of carbonyl (C=O) groups excluding carboxylic acids is 1. The fourth-order valence-electron chi connectivity index (χ4n) is 2.00. The molecule has 1 saturated heterocycles. The standard InChI is InChI=1S/C14H28N2O/c1-4-14(2,3)11-16-13(17)12-9-7-5-6-8-10-15-12/h12,15H,4-11H2,1-3H3,(H,16,17). The molecule has 0 aliphatic carbocycles. The van der Waals surface area contributed by atoms with Gasteiger partial charge in [-0.2, -0.15) is 0 Å². The van der Waals surface area contributed by atoms with Gasteiger partial charge in [-0.05, 0) is 31.2 Å². The van der Waals surface area contributed by atoms with Crippen LogP contribution in [0.4, 0.5) is 0 Å². The van der Waals surface area contributed by atoms with E-state index < -0.39 is 0 Å². The first-order chi connectivity index (χ1) is 8.05. The maximum Gasteiger partial charge on any atom is 0.237 e. The number of hydrogen-bond donors (Lipinski definition) is 2. The third kappa shape index (κ3) is 5.53. The lowest BCUT2D eigenvalue weighted by Crippen LogP contribution is -2.47. The molecule has 100 valence electrons. The lowest BCUT2D eigenvalue weighted by atomic mass is 9.90. The fraction of sp³-hybridized carbons (Fsp3) is 0.929. The summed E-state index contributed by atoms with van der Waals surface area (Å²) >= 11 is 0. The van der Waals surface area contributed by atoms with Crippen LogP contribution in [0.25, 0.3) is 0 Å². The molecule has 17 heavy (non-hydrogen) atoms. The Morgan fingerprint density at radius 3 is 2.71 bits per heavy atom. The van der Waals surface area contributed by atoms with Crippen molar-refractivity contribution in [3.63, 3.8) is 0 Å². The van der Waals surface area contributed by atoms with Crippen LogP contribution < -0.4 is 10.6 Å². The highest BCUT2D eigenvalue weighted by Gasteiger charge is 2.21. The first kappa shape index (κ1) is 14.5. The van der Waals surface area contributed by atoms with Crippen LogP contribution in [0.1, 0.15) is 59.3 Å². The van der Waals surface area contributed by atoms with Crippen LogP contribution in [0.15, 0.2) is 0 Å². The molecule has 1 amide bonds. The van der Waals surface area contributed by atoms with Crippen LogP contribution in [-0.4, -0.2) is 25.0 Å². The summed E-state index contributed by atoms with van der Waals surface area (Å²) in [5, 5.41) is 6.45. The summed E-state index contributed by atoms with van der Waals surface area (Å²) in [5.74, 6) is 0.188. The average molecular weight is 240 g/mol. The molecule has 1 aliphatic rings. The Hall–Kier alpha value is -0.570. The zero-order chi connectivity index (χ0) is 12.7. The van der Waals surface area contributed by atoms with E-state index in [1.165, 1.54) is 25.7 Å². The second-order valence-corrected chi connectivity index (χ2v) is 5.95. The van der Waals surface area contributed by atoms with E-state index in [4.69, 9.17) is 0 Å². The van der Waals surface area contributed by atoms with E-state index in [0.29, 0.717) is 0 Å². The molecule has 0 aromatic rings. The van der Waals surface area contributed by atoms with Crippen molar-refractivity contribution in [3.8, 4) is 0 Å². The maximum atomic E-state index is 12.1. The van der Waals surface area contributed by atoms with E-state index in [-0.39, 0.29) is 17.4 Å². The maximum absolute atomic E-state index is 12.1. The summed E-state index contributed by atoms with van der Waals surface area (Å²) in [7, 11) is 0. The van der Waals surface area contributed by atoms with Crippen molar-refractivity contribution < 1.29 is 4.79 Å². The molecular weight excluding hydrogens is 212 g/mol. The number of hydrogen-bond acceptors (Lipinski definition) is 2. The molecule has 0 spiro atoms. The number of amides is 1. The number of rotatable bonds is 4. The van der Waals surface area contributed by atoms with Crippen LogP contribution in [0.3, 0.4) is 0 Å². The molecular formula is C14H28N2O. The van der Waals surface area contributed by atoms with Crippen LogP contribution in [0, 0.1) is 5.41 Å². The molecule has 0 aromatic heterocycles. The predicted octanol–water partition coefficient (Wildman–Crippen LogP) is 2.46. The van der Waals surface area contributed by atoms with Crippen LogP contribution in [0.5, 0.6) is 0 Å². The van der Waals surface area contributed by atoms with E-state index in [9.17, 15) is 4.79 Å². The summed E-state index contributed by atoms with van der Waals surface area (Å²) < 4.78 is 0. The second kappa shape index (κ2) is 7.00. The molecule has 0 aromatic carbocycles. The minimum absolute atomic E-state index is 0.0305. The Bertz CT molecular complexity index is 230. The van der Waals surface area contributed by atoms with Crippen molar-refractivity contribution in [2.45, 2.75) is 65.3 Å². The zero-order valence-electron chi connectivity index (χ0n) is 11.6. The Labute approximate surface area is 106 Å². The van der Waals surface area contributed by atoms with Gasteiger partial charge in [-0.3, -0.25) is 4.79 Å². The molecule has 1 atom stereocenters. The minimum Gasteiger partial charge on any atom is -0.354 e. The Kier molecular flexibility index (Phi) is 5.96. The first-order valence-corrected chi connectivity index (χ1v) is 7.06. The third-order valence-electron chi connectivity index (χ3n) is 3.83. The van der Waals surface area contributed by atoms with E-state index in [0.717, 1.165) is 25.9 Å². The van der Waals surface area contributed by atoms with Crippen molar-refractivity contribution in [1.29, 1.82) is 0 Å². The predicted molar refractivity (Wildman–Crippen MR) is 72.0 cm³/mol. The second-order valence-electron chi connectivity index (χ2n) is 5.95. The molecule has 0 bridgehead atoms. The molecule has 3 nitrogen and oxygen atoms in total. The van der Waals surface area contributed by atoms with Gasteiger partial charge in [0, 0.05) is 6.54 Å². The summed E-state index contributed by atoms with van der Waals surface area (Å²) in [6, 6.07) is 0.0305. The van der Waals surface area contributed by atoms with Gasteiger partial charge in [0.05, 0.1) is 6.04 Å². The topological polar surface area (TPSA) is 41.1 Å². The van der Waals surface area contributed by atoms with E-state index in [1.807, 2.05) is 0 Å². The quantitative estimate of drug-likeness (QED) is 0.792. The zero-order valence-corrected chi connectivity index (χ0v) is 11.6. The van der Waals surface area contributed by atoms with Crippen LogP contribution in [-0.2, 0) is 4.79 Å². The van der Waals surface area contributed by atoms with Gasteiger partial charge in [0.1, 0.15) is 0 Å². The van der Waals surface area contributed by atoms with Gasteiger partial charge < -0.3 is 10.6 Å². The lowest BCUT2D eigenvalue weighted by Gasteiger charge is -2.26. The molecule has 1 heterocycles. The Morgan fingerprint density at radius 2 is 2.00 bits per heavy atom. The molecule has 0 radical (unpaired) electrons. The smallest absolute Gasteiger partial charge is 0.237 e. The first-order valence-electron chi connectivity index (χ1n) is 7.06. The van der Waals surface area contributed by atoms with E-state index in [2.05, 4.69) is 31.4 Å². The van der Waals surface area contributed by atoms with Gasteiger partial charge in [-0.25, -0.2) is 0 Å². The Morgan fingerprint density at radius 1 is 1.29 bits per heavy atom. The highest BCUT2D eigenvalue weighted by Crippen LogP contribution is 2.18. The van der Waals surface area contributed by atoms with Crippen molar-refractivity contribution >= 4 is 5.91 Å². The molecule has 1 rings (SSSR count).